The monoisotopic (exact) mass is 251 g/mol. The molecule has 0 aliphatic carbocycles. The number of nitrogens with two attached hydrogens (primary N) is 3. The Balaban J connectivity index is 0. The molecule has 0 atom stereocenters. The predicted octanol–water partition coefficient (Wildman–Crippen LogP) is -0.576. The topological polar surface area (TPSA) is 131 Å². The van der Waals surface area contributed by atoms with E-state index in [0.717, 1.165) is 6.61 Å². The summed E-state index contributed by atoms with van der Waals surface area (Å²) in [6.45, 7) is 3.12. The molecule has 3 amide bonds. The van der Waals surface area contributed by atoms with Gasteiger partial charge in [0.15, 0.2) is 9.76 Å². The fourth-order valence-corrected chi connectivity index (χ4v) is 2.00. The Morgan fingerprint density at radius 3 is 1.94 bits per heavy atom. The first-order chi connectivity index (χ1) is 7.50. The molecular weight excluding hydrogens is 230 g/mol. The number of rotatable bonds is 1. The first-order valence-electron chi connectivity index (χ1n) is 5.05. The Labute approximate surface area is 97.6 Å². The second-order valence-electron chi connectivity index (χ2n) is 2.83. The van der Waals surface area contributed by atoms with Crippen LogP contribution in [0, 0.1) is 0 Å². The fraction of sp³-hybridized carbons (Fsp3) is 0.750. The minimum absolute atomic E-state index is 0.00849. The van der Waals surface area contributed by atoms with Crippen molar-refractivity contribution in [2.75, 3.05) is 13.2 Å². The first-order valence-corrected chi connectivity index (χ1v) is 6.63. The van der Waals surface area contributed by atoms with Crippen LogP contribution < -0.4 is 17.2 Å². The van der Waals surface area contributed by atoms with Crippen molar-refractivity contribution in [2.24, 2.45) is 17.2 Å². The van der Waals surface area contributed by atoms with Crippen molar-refractivity contribution in [2.45, 2.75) is 25.8 Å². The molecule has 1 fully saturated rings. The van der Waals surface area contributed by atoms with E-state index < -0.39 is 12.1 Å². The summed E-state index contributed by atoms with van der Waals surface area (Å²) in [5.74, 6) is 0. The van der Waals surface area contributed by atoms with Crippen molar-refractivity contribution < 1.29 is 18.8 Å². The van der Waals surface area contributed by atoms with Gasteiger partial charge in [-0.2, -0.15) is 0 Å². The maximum Gasteiger partial charge on any atom is 0.404 e. The number of amides is 3. The fourth-order valence-electron chi connectivity index (χ4n) is 0.829. The molecule has 1 saturated heterocycles. The van der Waals surface area contributed by atoms with Crippen LogP contribution in [0.15, 0.2) is 0 Å². The molecule has 0 spiro atoms. The molecule has 96 valence electrons. The second kappa shape index (κ2) is 13.7. The van der Waals surface area contributed by atoms with Crippen LogP contribution in [0.1, 0.15) is 19.8 Å². The van der Waals surface area contributed by atoms with E-state index in [0.29, 0.717) is 6.61 Å². The van der Waals surface area contributed by atoms with Gasteiger partial charge in [-0.15, -0.1) is 0 Å². The molecule has 0 radical (unpaired) electrons. The third-order valence-electron chi connectivity index (χ3n) is 1.36. The van der Waals surface area contributed by atoms with E-state index in [1.54, 1.807) is 6.92 Å². The smallest absolute Gasteiger partial charge is 0.404 e. The standard InChI is InChI=1S/C4H10OSi.C3H7NO2.CH4N2O/c1-2-4-6-5-3-1;1-2-6-3(4)5;2-1(3)4/h1-4,6H2;2H2,1H3,(H2,4,5);(H4,2,3,4). The van der Waals surface area contributed by atoms with Crippen molar-refractivity contribution in [1.29, 1.82) is 0 Å². The largest absolute Gasteiger partial charge is 0.450 e. The third-order valence-corrected chi connectivity index (χ3v) is 2.73. The van der Waals surface area contributed by atoms with Crippen LogP contribution in [0.2, 0.25) is 6.04 Å². The zero-order valence-corrected chi connectivity index (χ0v) is 11.0. The Morgan fingerprint density at radius 1 is 1.31 bits per heavy atom. The van der Waals surface area contributed by atoms with Crippen molar-refractivity contribution in [3.05, 3.63) is 0 Å². The molecule has 1 heterocycles. The van der Waals surface area contributed by atoms with Gasteiger partial charge in [0.2, 0.25) is 0 Å². The summed E-state index contributed by atoms with van der Waals surface area (Å²) >= 11 is 0. The maximum atomic E-state index is 9.60. The molecule has 0 saturated carbocycles. The minimum atomic E-state index is -0.833. The summed E-state index contributed by atoms with van der Waals surface area (Å²) in [7, 11) is 0.00849. The molecule has 16 heavy (non-hydrogen) atoms. The van der Waals surface area contributed by atoms with Crippen LogP contribution >= 0.6 is 0 Å². The Hall–Kier alpha value is -1.28. The van der Waals surface area contributed by atoms with E-state index in [2.05, 4.69) is 21.9 Å². The summed E-state index contributed by atoms with van der Waals surface area (Å²) in [4.78, 5) is 18.6. The van der Waals surface area contributed by atoms with Crippen molar-refractivity contribution in [3.8, 4) is 0 Å². The van der Waals surface area contributed by atoms with Gasteiger partial charge in [0.25, 0.3) is 0 Å². The molecule has 0 unspecified atom stereocenters. The van der Waals surface area contributed by atoms with Crippen LogP contribution in [0.5, 0.6) is 0 Å². The zero-order valence-electron chi connectivity index (χ0n) is 9.61. The summed E-state index contributed by atoms with van der Waals surface area (Å²) in [6.07, 6.45) is 2.04. The van der Waals surface area contributed by atoms with Gasteiger partial charge in [0, 0.05) is 6.61 Å². The van der Waals surface area contributed by atoms with Gasteiger partial charge in [-0.3, -0.25) is 0 Å². The molecule has 1 aliphatic heterocycles. The Kier molecular flexibility index (Phi) is 14.7. The Bertz CT molecular complexity index is 173. The number of urea groups is 1. The number of ether oxygens (including phenoxy) is 1. The average Bonchev–Trinajstić information content (AvgIpc) is 2.20. The molecule has 8 heteroatoms. The normalized spacial score (nSPS) is 14.8. The zero-order chi connectivity index (χ0) is 12.8. The van der Waals surface area contributed by atoms with E-state index in [9.17, 15) is 4.79 Å². The van der Waals surface area contributed by atoms with Gasteiger partial charge in [-0.1, -0.05) is 6.42 Å². The molecular formula is C8H21N3O4Si. The van der Waals surface area contributed by atoms with Crippen molar-refractivity contribution >= 4 is 21.9 Å². The van der Waals surface area contributed by atoms with Crippen LogP contribution in [-0.4, -0.2) is 35.1 Å². The second-order valence-corrected chi connectivity index (χ2v) is 4.35. The number of hydrogen-bond donors (Lipinski definition) is 3. The Morgan fingerprint density at radius 2 is 1.88 bits per heavy atom. The third kappa shape index (κ3) is 29.3. The summed E-state index contributed by atoms with van der Waals surface area (Å²) in [6, 6.07) is 0.583. The first kappa shape index (κ1) is 17.1. The highest BCUT2D eigenvalue weighted by Crippen LogP contribution is 2.01. The molecule has 1 rings (SSSR count). The maximum absolute atomic E-state index is 9.60. The number of hydrogen-bond acceptors (Lipinski definition) is 4. The van der Waals surface area contributed by atoms with E-state index in [-0.39, 0.29) is 9.76 Å². The molecule has 6 N–H and O–H groups in total. The highest BCUT2D eigenvalue weighted by Gasteiger charge is 1.96. The van der Waals surface area contributed by atoms with Crippen LogP contribution in [0.4, 0.5) is 9.59 Å². The molecule has 7 nitrogen and oxygen atoms in total. The number of carbonyl (C=O) groups is 2. The molecule has 0 aromatic carbocycles. The lowest BCUT2D eigenvalue weighted by molar-refractivity contribution is 0.163. The lowest BCUT2D eigenvalue weighted by atomic mass is 10.4. The predicted molar refractivity (Wildman–Crippen MR) is 63.5 cm³/mol. The van der Waals surface area contributed by atoms with Crippen molar-refractivity contribution in [3.63, 3.8) is 0 Å². The number of primary amides is 3. The van der Waals surface area contributed by atoms with Crippen LogP contribution in [0.25, 0.3) is 0 Å². The lowest BCUT2D eigenvalue weighted by Gasteiger charge is -2.07. The average molecular weight is 251 g/mol. The van der Waals surface area contributed by atoms with Gasteiger partial charge >= 0.3 is 12.1 Å². The quantitative estimate of drug-likeness (QED) is 0.538. The summed E-state index contributed by atoms with van der Waals surface area (Å²) in [5.41, 5.74) is 13.0. The van der Waals surface area contributed by atoms with E-state index in [1.807, 2.05) is 0 Å². The molecule has 0 aromatic rings. The van der Waals surface area contributed by atoms with Gasteiger partial charge in [0.1, 0.15) is 0 Å². The molecule has 0 aromatic heterocycles. The lowest BCUT2D eigenvalue weighted by Crippen LogP contribution is -2.18. The molecule has 0 bridgehead atoms. The molecule has 1 aliphatic rings. The SMILES string of the molecule is C1CC[SiH2]OC1.CCOC(N)=O.NC(N)=O. The van der Waals surface area contributed by atoms with Gasteiger partial charge in [-0.05, 0) is 19.4 Å². The van der Waals surface area contributed by atoms with E-state index in [1.165, 1.54) is 18.9 Å². The van der Waals surface area contributed by atoms with Gasteiger partial charge < -0.3 is 26.4 Å². The minimum Gasteiger partial charge on any atom is -0.450 e. The highest BCUT2D eigenvalue weighted by molar-refractivity contribution is 6.27. The van der Waals surface area contributed by atoms with Gasteiger partial charge in [0.05, 0.1) is 6.61 Å². The summed E-state index contributed by atoms with van der Waals surface area (Å²) < 4.78 is 9.39. The van der Waals surface area contributed by atoms with Crippen LogP contribution in [0.3, 0.4) is 0 Å². The van der Waals surface area contributed by atoms with Crippen LogP contribution in [-0.2, 0) is 9.16 Å². The van der Waals surface area contributed by atoms with Crippen molar-refractivity contribution in [1.82, 2.24) is 0 Å². The highest BCUT2D eigenvalue weighted by atomic mass is 28.2. The van der Waals surface area contributed by atoms with Gasteiger partial charge in [-0.25, -0.2) is 9.59 Å². The number of carbonyl (C=O) groups excluding carboxylic acids is 2. The van der Waals surface area contributed by atoms with E-state index >= 15 is 0 Å². The van der Waals surface area contributed by atoms with E-state index in [4.69, 9.17) is 9.22 Å². The summed E-state index contributed by atoms with van der Waals surface area (Å²) in [5, 5.41) is 0.